The van der Waals surface area contributed by atoms with E-state index in [1.807, 2.05) is 11.5 Å². The number of sulfone groups is 1. The Morgan fingerprint density at radius 3 is 2.21 bits per heavy atom. The highest BCUT2D eigenvalue weighted by atomic mass is 32.2. The van der Waals surface area contributed by atoms with Crippen LogP contribution in [0.25, 0.3) is 5.57 Å². The molecule has 0 atom stereocenters. The molecule has 210 valence electrons. The molecule has 2 saturated carbocycles. The number of rotatable bonds is 12. The van der Waals surface area contributed by atoms with Gasteiger partial charge in [-0.05, 0) is 55.7 Å². The molecule has 11 heteroatoms. The number of allylic oxidation sites excluding steroid dienone is 1. The molecule has 1 amide bonds. The monoisotopic (exact) mass is 574 g/mol. The summed E-state index contributed by atoms with van der Waals surface area (Å²) in [6, 6.07) is 6.59. The number of amides is 1. The summed E-state index contributed by atoms with van der Waals surface area (Å²) >= 11 is 1.27. The Morgan fingerprint density at radius 2 is 1.64 bits per heavy atom. The Hall–Kier alpha value is -3.05. The first-order valence-corrected chi connectivity index (χ1v) is 15.6. The average Bonchev–Trinajstić information content (AvgIpc) is 3.48. The fourth-order valence-electron chi connectivity index (χ4n) is 4.61. The lowest BCUT2D eigenvalue weighted by Gasteiger charge is -2.15. The van der Waals surface area contributed by atoms with E-state index in [9.17, 15) is 22.8 Å². The van der Waals surface area contributed by atoms with Crippen molar-refractivity contribution >= 4 is 49.7 Å². The molecule has 1 N–H and O–H groups in total. The highest BCUT2D eigenvalue weighted by Gasteiger charge is 2.36. The quantitative estimate of drug-likeness (QED) is 0.288. The lowest BCUT2D eigenvalue weighted by molar-refractivity contribution is -0.146. The fourth-order valence-corrected chi connectivity index (χ4v) is 6.99. The van der Waals surface area contributed by atoms with Gasteiger partial charge in [0.25, 0.3) is 5.91 Å². The van der Waals surface area contributed by atoms with Crippen molar-refractivity contribution in [2.24, 2.45) is 11.8 Å². The van der Waals surface area contributed by atoms with Crippen molar-refractivity contribution in [3.63, 3.8) is 0 Å². The van der Waals surface area contributed by atoms with Gasteiger partial charge in [-0.15, -0.1) is 11.3 Å². The van der Waals surface area contributed by atoms with E-state index in [-0.39, 0.29) is 41.1 Å². The summed E-state index contributed by atoms with van der Waals surface area (Å²) in [6.07, 6.45) is 8.05. The van der Waals surface area contributed by atoms with Crippen LogP contribution in [0, 0.1) is 11.8 Å². The van der Waals surface area contributed by atoms with Crippen molar-refractivity contribution in [1.82, 2.24) is 4.98 Å². The zero-order valence-corrected chi connectivity index (χ0v) is 23.8. The van der Waals surface area contributed by atoms with Gasteiger partial charge in [-0.2, -0.15) is 0 Å². The molecule has 2 aliphatic carbocycles. The molecule has 0 spiro atoms. The Morgan fingerprint density at radius 1 is 1.03 bits per heavy atom. The number of carbonyl (C=O) groups excluding carboxylic acids is 3. The highest BCUT2D eigenvalue weighted by Crippen LogP contribution is 2.35. The second-order valence-corrected chi connectivity index (χ2v) is 13.3. The van der Waals surface area contributed by atoms with Crippen molar-refractivity contribution in [3.8, 4) is 0 Å². The van der Waals surface area contributed by atoms with Gasteiger partial charge in [0.15, 0.2) is 15.0 Å². The Kier molecular flexibility index (Phi) is 9.55. The minimum absolute atomic E-state index is 0.0859. The maximum Gasteiger partial charge on any atom is 0.302 e. The summed E-state index contributed by atoms with van der Waals surface area (Å²) in [5.74, 6) is -1.14. The number of hydrogen-bond acceptors (Lipinski definition) is 9. The molecule has 0 bridgehead atoms. The van der Waals surface area contributed by atoms with Crippen molar-refractivity contribution in [2.75, 3.05) is 18.5 Å². The van der Waals surface area contributed by atoms with Crippen LogP contribution in [0.4, 0.5) is 5.13 Å². The standard InChI is InChI=1S/C28H34N2O7S2/c1-18(31)36-15-21(16-37-19(2)32)13-23-17-38-28(29-23)30-27(33)26(14-20-5-3-4-6-20)22-7-9-24(10-8-22)39(34,35)25-11-12-25/h7-10,14,17,20-21,25H,3-6,11-13,15-16H2,1-2H3,(H,29,30,33)/b26-14+. The normalized spacial score (nSPS) is 16.3. The van der Waals surface area contributed by atoms with E-state index in [1.54, 1.807) is 24.3 Å². The first-order valence-electron chi connectivity index (χ1n) is 13.2. The van der Waals surface area contributed by atoms with E-state index in [0.29, 0.717) is 41.2 Å². The number of nitrogens with one attached hydrogen (secondary N) is 1. The van der Waals surface area contributed by atoms with Crippen LogP contribution in [0.2, 0.25) is 0 Å². The Balaban J connectivity index is 1.48. The van der Waals surface area contributed by atoms with Gasteiger partial charge in [0.2, 0.25) is 0 Å². The van der Waals surface area contributed by atoms with Crippen LogP contribution in [0.3, 0.4) is 0 Å². The summed E-state index contributed by atoms with van der Waals surface area (Å²) < 4.78 is 35.4. The molecule has 1 aromatic carbocycles. The minimum Gasteiger partial charge on any atom is -0.465 e. The predicted molar refractivity (Wildman–Crippen MR) is 148 cm³/mol. The highest BCUT2D eigenvalue weighted by molar-refractivity contribution is 7.92. The zero-order chi connectivity index (χ0) is 28.0. The molecule has 1 heterocycles. The van der Waals surface area contributed by atoms with Gasteiger partial charge in [-0.1, -0.05) is 31.1 Å². The maximum atomic E-state index is 13.4. The first-order chi connectivity index (χ1) is 18.6. The third-order valence-electron chi connectivity index (χ3n) is 6.82. The van der Waals surface area contributed by atoms with Gasteiger partial charge in [-0.3, -0.25) is 19.7 Å². The van der Waals surface area contributed by atoms with Crippen LogP contribution < -0.4 is 5.32 Å². The third kappa shape index (κ3) is 8.22. The van der Waals surface area contributed by atoms with Crippen LogP contribution >= 0.6 is 11.3 Å². The lowest BCUT2D eigenvalue weighted by atomic mass is 9.98. The van der Waals surface area contributed by atoms with Crippen LogP contribution in [0.1, 0.15) is 63.6 Å². The van der Waals surface area contributed by atoms with Gasteiger partial charge in [0.05, 0.1) is 29.1 Å². The first kappa shape index (κ1) is 28.9. The minimum atomic E-state index is -3.31. The van der Waals surface area contributed by atoms with E-state index in [1.165, 1.54) is 25.2 Å². The van der Waals surface area contributed by atoms with E-state index in [0.717, 1.165) is 25.7 Å². The number of aromatic nitrogens is 1. The molecule has 0 saturated heterocycles. The van der Waals surface area contributed by atoms with Crippen LogP contribution in [0.15, 0.2) is 40.6 Å². The molecule has 2 aromatic rings. The number of anilines is 1. The molecule has 4 rings (SSSR count). The SMILES string of the molecule is CC(=O)OCC(COC(C)=O)Cc1csc(NC(=O)/C(=C/C2CCCC2)c2ccc(S(=O)(=O)C3CC3)cc2)n1. The molecule has 0 aliphatic heterocycles. The van der Waals surface area contributed by atoms with E-state index in [4.69, 9.17) is 9.47 Å². The third-order valence-corrected chi connectivity index (χ3v) is 9.90. The topological polar surface area (TPSA) is 129 Å². The van der Waals surface area contributed by atoms with Crippen molar-refractivity contribution in [1.29, 1.82) is 0 Å². The molecular formula is C28H34N2O7S2. The summed E-state index contributed by atoms with van der Waals surface area (Å²) in [5, 5.41) is 4.83. The second kappa shape index (κ2) is 12.9. The van der Waals surface area contributed by atoms with E-state index >= 15 is 0 Å². The maximum absolute atomic E-state index is 13.4. The number of benzene rings is 1. The van der Waals surface area contributed by atoms with Gasteiger partial charge in [-0.25, -0.2) is 13.4 Å². The molecular weight excluding hydrogens is 540 g/mol. The Labute approximate surface area is 232 Å². The average molecular weight is 575 g/mol. The van der Waals surface area contributed by atoms with Crippen LogP contribution in [0.5, 0.6) is 0 Å². The summed E-state index contributed by atoms with van der Waals surface area (Å²) in [6.45, 7) is 2.80. The smallest absolute Gasteiger partial charge is 0.302 e. The lowest BCUT2D eigenvalue weighted by Crippen LogP contribution is -2.21. The Bertz CT molecular complexity index is 1300. The molecule has 2 aliphatic rings. The summed E-state index contributed by atoms with van der Waals surface area (Å²) in [7, 11) is -3.31. The molecule has 39 heavy (non-hydrogen) atoms. The number of hydrogen-bond donors (Lipinski definition) is 1. The number of nitrogens with zero attached hydrogens (tertiary/aromatic N) is 1. The number of ether oxygens (including phenoxy) is 2. The van der Waals surface area contributed by atoms with Gasteiger partial charge in [0.1, 0.15) is 0 Å². The molecule has 9 nitrogen and oxygen atoms in total. The predicted octanol–water partition coefficient (Wildman–Crippen LogP) is 4.58. The van der Waals surface area contributed by atoms with Gasteiger partial charge >= 0.3 is 11.9 Å². The van der Waals surface area contributed by atoms with Crippen molar-refractivity contribution < 1.29 is 32.3 Å². The number of carbonyl (C=O) groups is 3. The summed E-state index contributed by atoms with van der Waals surface area (Å²) in [5.41, 5.74) is 1.83. The zero-order valence-electron chi connectivity index (χ0n) is 22.2. The van der Waals surface area contributed by atoms with Crippen LogP contribution in [-0.2, 0) is 40.1 Å². The van der Waals surface area contributed by atoms with E-state index < -0.39 is 21.8 Å². The summed E-state index contributed by atoms with van der Waals surface area (Å²) in [4.78, 5) is 40.7. The number of thiazole rings is 1. The number of esters is 2. The second-order valence-electron chi connectivity index (χ2n) is 10.2. The van der Waals surface area contributed by atoms with Crippen molar-refractivity contribution in [3.05, 3.63) is 47.0 Å². The van der Waals surface area contributed by atoms with Gasteiger partial charge < -0.3 is 9.47 Å². The molecule has 2 fully saturated rings. The van der Waals surface area contributed by atoms with Crippen LogP contribution in [-0.4, -0.2) is 49.7 Å². The molecule has 1 aromatic heterocycles. The van der Waals surface area contributed by atoms with Crippen molar-refractivity contribution in [2.45, 2.75) is 68.9 Å². The molecule has 0 unspecified atom stereocenters. The van der Waals surface area contributed by atoms with Gasteiger partial charge in [0, 0.05) is 30.7 Å². The fraction of sp³-hybridized carbons (Fsp3) is 0.500. The van der Waals surface area contributed by atoms with E-state index in [2.05, 4.69) is 10.3 Å². The largest absolute Gasteiger partial charge is 0.465 e. The molecule has 0 radical (unpaired) electrons.